The van der Waals surface area contributed by atoms with Gasteiger partial charge in [0.2, 0.25) is 0 Å². The van der Waals surface area contributed by atoms with Crippen LogP contribution in [-0.4, -0.2) is 11.8 Å². The first-order valence-corrected chi connectivity index (χ1v) is 5.09. The maximum Gasteiger partial charge on any atom is 0.255 e. The summed E-state index contributed by atoms with van der Waals surface area (Å²) in [6.07, 6.45) is 0.917. The quantitative estimate of drug-likeness (QED) is 0.574. The molecule has 0 aliphatic rings. The maximum atomic E-state index is 13.2. The fraction of sp³-hybridized carbons (Fsp3) is 0.364. The summed E-state index contributed by atoms with van der Waals surface area (Å²) < 4.78 is 18.5. The third-order valence-corrected chi connectivity index (χ3v) is 2.07. The fourth-order valence-corrected chi connectivity index (χ4v) is 1.30. The molecule has 0 aromatic heterocycles. The molecule has 0 aliphatic carbocycles. The van der Waals surface area contributed by atoms with Crippen LogP contribution in [0.1, 0.15) is 29.3 Å². The van der Waals surface area contributed by atoms with Gasteiger partial charge in [0.05, 0.1) is 12.2 Å². The molecule has 0 heterocycles. The molecule has 0 atom stereocenters. The lowest BCUT2D eigenvalue weighted by Gasteiger charge is -2.04. The Kier molecular flexibility index (Phi) is 4.72. The van der Waals surface area contributed by atoms with Gasteiger partial charge < -0.3 is 4.74 Å². The zero-order chi connectivity index (χ0) is 11.3. The van der Waals surface area contributed by atoms with Gasteiger partial charge in [-0.25, -0.2) is 4.39 Å². The van der Waals surface area contributed by atoms with Crippen LogP contribution in [0, 0.1) is 5.82 Å². The second-order valence-electron chi connectivity index (χ2n) is 3.14. The minimum absolute atomic E-state index is 0.101. The number of carbonyl (C=O) groups excluding carboxylic acids is 1. The van der Waals surface area contributed by atoms with Crippen LogP contribution >= 0.6 is 11.6 Å². The summed E-state index contributed by atoms with van der Waals surface area (Å²) in [6.45, 7) is 2.98. The molecule has 82 valence electrons. The van der Waals surface area contributed by atoms with Crippen molar-refractivity contribution in [2.24, 2.45) is 0 Å². The molecule has 1 aromatic carbocycles. The lowest BCUT2D eigenvalue weighted by atomic mass is 10.1. The van der Waals surface area contributed by atoms with Crippen molar-refractivity contribution < 1.29 is 13.9 Å². The first kappa shape index (κ1) is 12.1. The van der Waals surface area contributed by atoms with Crippen LogP contribution in [0.3, 0.4) is 0 Å². The largest absolute Gasteiger partial charge is 0.377 e. The molecule has 0 bridgehead atoms. The number of halogens is 2. The van der Waals surface area contributed by atoms with E-state index < -0.39 is 11.1 Å². The smallest absolute Gasteiger partial charge is 0.255 e. The fourth-order valence-electron chi connectivity index (χ4n) is 1.14. The molecule has 4 heteroatoms. The molecule has 15 heavy (non-hydrogen) atoms. The number of hydrogen-bond acceptors (Lipinski definition) is 2. The first-order chi connectivity index (χ1) is 7.15. The molecule has 1 rings (SSSR count). The second kappa shape index (κ2) is 5.83. The lowest BCUT2D eigenvalue weighted by Crippen LogP contribution is -1.98. The van der Waals surface area contributed by atoms with Crippen LogP contribution in [0.25, 0.3) is 0 Å². The highest BCUT2D eigenvalue weighted by Crippen LogP contribution is 2.13. The van der Waals surface area contributed by atoms with Gasteiger partial charge in [0.1, 0.15) is 5.82 Å². The van der Waals surface area contributed by atoms with Crippen LogP contribution in [0.2, 0.25) is 0 Å². The minimum Gasteiger partial charge on any atom is -0.377 e. The van der Waals surface area contributed by atoms with Crippen LogP contribution in [0.4, 0.5) is 4.39 Å². The van der Waals surface area contributed by atoms with E-state index >= 15 is 0 Å². The Morgan fingerprint density at radius 1 is 1.53 bits per heavy atom. The van der Waals surface area contributed by atoms with Crippen LogP contribution in [0.15, 0.2) is 18.2 Å². The van der Waals surface area contributed by atoms with E-state index in [-0.39, 0.29) is 5.56 Å². The lowest BCUT2D eigenvalue weighted by molar-refractivity contribution is 0.107. The van der Waals surface area contributed by atoms with Crippen molar-refractivity contribution in [3.05, 3.63) is 35.1 Å². The average Bonchev–Trinajstić information content (AvgIpc) is 2.17. The molecule has 0 unspecified atom stereocenters. The van der Waals surface area contributed by atoms with Crippen LogP contribution in [-0.2, 0) is 11.3 Å². The van der Waals surface area contributed by atoms with Gasteiger partial charge in [-0.2, -0.15) is 0 Å². The van der Waals surface area contributed by atoms with Crippen molar-refractivity contribution in [1.29, 1.82) is 0 Å². The summed E-state index contributed by atoms with van der Waals surface area (Å²) in [5, 5.41) is -0.784. The molecule has 0 fully saturated rings. The van der Waals surface area contributed by atoms with Crippen molar-refractivity contribution in [3.8, 4) is 0 Å². The van der Waals surface area contributed by atoms with Crippen LogP contribution < -0.4 is 0 Å². The van der Waals surface area contributed by atoms with Gasteiger partial charge in [0.15, 0.2) is 0 Å². The van der Waals surface area contributed by atoms with Crippen LogP contribution in [0.5, 0.6) is 0 Å². The van der Waals surface area contributed by atoms with E-state index in [0.717, 1.165) is 6.42 Å². The highest BCUT2D eigenvalue weighted by Gasteiger charge is 2.09. The van der Waals surface area contributed by atoms with Crippen molar-refractivity contribution in [2.45, 2.75) is 20.0 Å². The summed E-state index contributed by atoms with van der Waals surface area (Å²) in [5.74, 6) is -0.604. The molecule has 1 aromatic rings. The minimum atomic E-state index is -0.784. The van der Waals surface area contributed by atoms with Gasteiger partial charge in [0.25, 0.3) is 5.24 Å². The number of ether oxygens (including phenoxy) is 1. The monoisotopic (exact) mass is 230 g/mol. The van der Waals surface area contributed by atoms with E-state index in [1.807, 2.05) is 6.92 Å². The second-order valence-corrected chi connectivity index (χ2v) is 3.48. The third-order valence-electron chi connectivity index (χ3n) is 1.86. The Labute approximate surface area is 93.0 Å². The summed E-state index contributed by atoms with van der Waals surface area (Å²) >= 11 is 5.18. The van der Waals surface area contributed by atoms with Gasteiger partial charge in [-0.15, -0.1) is 0 Å². The van der Waals surface area contributed by atoms with E-state index in [1.54, 1.807) is 6.07 Å². The normalized spacial score (nSPS) is 10.3. The van der Waals surface area contributed by atoms with Crippen molar-refractivity contribution in [1.82, 2.24) is 0 Å². The van der Waals surface area contributed by atoms with Crippen molar-refractivity contribution in [2.75, 3.05) is 6.61 Å². The summed E-state index contributed by atoms with van der Waals surface area (Å²) in [5.41, 5.74) is 0.596. The number of hydrogen-bond donors (Lipinski definition) is 0. The standard InChI is InChI=1S/C11H12ClFO2/c1-2-5-15-7-8-3-4-9(11(12)14)10(13)6-8/h3-4,6H,2,5,7H2,1H3. The number of carbonyl (C=O) groups is 1. The molecule has 0 amide bonds. The Hall–Kier alpha value is -0.930. The number of rotatable bonds is 5. The molecular formula is C11H12ClFO2. The molecular weight excluding hydrogens is 219 g/mol. The predicted molar refractivity (Wildman–Crippen MR) is 56.5 cm³/mol. The highest BCUT2D eigenvalue weighted by molar-refractivity contribution is 6.67. The molecule has 2 nitrogen and oxygen atoms in total. The predicted octanol–water partition coefficient (Wildman–Crippen LogP) is 3.13. The van der Waals surface area contributed by atoms with Crippen molar-refractivity contribution >= 4 is 16.8 Å². The Morgan fingerprint density at radius 2 is 2.27 bits per heavy atom. The van der Waals surface area contributed by atoms with Gasteiger partial charge in [-0.3, -0.25) is 4.79 Å². The molecule has 0 aliphatic heterocycles. The molecule has 0 N–H and O–H groups in total. The molecule has 0 saturated carbocycles. The topological polar surface area (TPSA) is 26.3 Å². The third kappa shape index (κ3) is 3.61. The van der Waals surface area contributed by atoms with Gasteiger partial charge in [0, 0.05) is 6.61 Å². The first-order valence-electron chi connectivity index (χ1n) is 4.71. The summed E-state index contributed by atoms with van der Waals surface area (Å²) in [6, 6.07) is 4.27. The summed E-state index contributed by atoms with van der Waals surface area (Å²) in [7, 11) is 0. The SMILES string of the molecule is CCCOCc1ccc(C(=O)Cl)c(F)c1. The zero-order valence-corrected chi connectivity index (χ0v) is 9.18. The Balaban J connectivity index is 2.69. The molecule has 0 radical (unpaired) electrons. The van der Waals surface area contributed by atoms with E-state index in [0.29, 0.717) is 18.8 Å². The van der Waals surface area contributed by atoms with E-state index in [4.69, 9.17) is 16.3 Å². The summed E-state index contributed by atoms with van der Waals surface area (Å²) in [4.78, 5) is 10.7. The highest BCUT2D eigenvalue weighted by atomic mass is 35.5. The maximum absolute atomic E-state index is 13.2. The average molecular weight is 231 g/mol. The van der Waals surface area contributed by atoms with E-state index in [9.17, 15) is 9.18 Å². The molecule has 0 saturated heterocycles. The van der Waals surface area contributed by atoms with Gasteiger partial charge in [-0.05, 0) is 35.7 Å². The van der Waals surface area contributed by atoms with Gasteiger partial charge in [-0.1, -0.05) is 13.0 Å². The Bertz CT molecular complexity index is 352. The van der Waals surface area contributed by atoms with E-state index in [1.165, 1.54) is 12.1 Å². The number of benzene rings is 1. The van der Waals surface area contributed by atoms with E-state index in [2.05, 4.69) is 0 Å². The Morgan fingerprint density at radius 3 is 2.80 bits per heavy atom. The van der Waals surface area contributed by atoms with Crippen molar-refractivity contribution in [3.63, 3.8) is 0 Å². The molecule has 0 spiro atoms. The zero-order valence-electron chi connectivity index (χ0n) is 8.43. The van der Waals surface area contributed by atoms with Gasteiger partial charge >= 0.3 is 0 Å².